The number of benzene rings is 2. The Morgan fingerprint density at radius 2 is 2.00 bits per heavy atom. The van der Waals surface area contributed by atoms with E-state index in [0.717, 1.165) is 34.3 Å². The molecule has 1 unspecified atom stereocenters. The molecule has 0 bridgehead atoms. The van der Waals surface area contributed by atoms with Crippen LogP contribution >= 0.6 is 11.8 Å². The van der Waals surface area contributed by atoms with Gasteiger partial charge in [-0.05, 0) is 17.5 Å². The van der Waals surface area contributed by atoms with Crippen LogP contribution < -0.4 is 5.32 Å². The molecular formula is C19H17N3OS. The molecule has 0 spiro atoms. The molecule has 2 amide bonds. The largest absolute Gasteiger partial charge is 0.323 e. The highest BCUT2D eigenvalue weighted by Gasteiger charge is 2.30. The Balaban J connectivity index is 1.59. The molecule has 5 heteroatoms. The molecule has 2 aromatic carbocycles. The lowest BCUT2D eigenvalue weighted by Gasteiger charge is -2.24. The molecule has 2 heterocycles. The van der Waals surface area contributed by atoms with E-state index in [2.05, 4.69) is 22.4 Å². The molecule has 4 nitrogen and oxygen atoms in total. The van der Waals surface area contributed by atoms with Crippen LogP contribution in [0.1, 0.15) is 10.9 Å². The Morgan fingerprint density at radius 3 is 2.88 bits per heavy atom. The first kappa shape index (κ1) is 15.0. The first-order valence-corrected chi connectivity index (χ1v) is 8.95. The summed E-state index contributed by atoms with van der Waals surface area (Å²) in [6.07, 6.45) is 3.59. The summed E-state index contributed by atoms with van der Waals surface area (Å²) in [6, 6.07) is 17.9. The first-order valence-electron chi connectivity index (χ1n) is 7.90. The fraction of sp³-hybridized carbons (Fsp3) is 0.158. The van der Waals surface area contributed by atoms with Gasteiger partial charge in [-0.3, -0.25) is 4.98 Å². The van der Waals surface area contributed by atoms with Crippen molar-refractivity contribution >= 4 is 34.3 Å². The standard InChI is InChI=1S/C19H17N3OS/c23-19(21-17-9-3-6-14-5-1-2-8-16(14)17)22-11-12-24-18(22)15-7-4-10-20-13-15/h1-10,13,18H,11-12H2,(H,21,23). The van der Waals surface area contributed by atoms with Crippen molar-refractivity contribution in [1.82, 2.24) is 9.88 Å². The number of rotatable bonds is 2. The summed E-state index contributed by atoms with van der Waals surface area (Å²) >= 11 is 1.77. The van der Waals surface area contributed by atoms with Gasteiger partial charge in [0, 0.05) is 35.6 Å². The van der Waals surface area contributed by atoms with Gasteiger partial charge in [-0.15, -0.1) is 11.8 Å². The minimum atomic E-state index is -0.0646. The molecular weight excluding hydrogens is 318 g/mol. The zero-order valence-electron chi connectivity index (χ0n) is 13.1. The summed E-state index contributed by atoms with van der Waals surface area (Å²) in [7, 11) is 0. The number of hydrogen-bond donors (Lipinski definition) is 1. The summed E-state index contributed by atoms with van der Waals surface area (Å²) < 4.78 is 0. The molecule has 3 aromatic rings. The summed E-state index contributed by atoms with van der Waals surface area (Å²) in [5.74, 6) is 0.933. The Kier molecular flexibility index (Phi) is 4.09. The van der Waals surface area contributed by atoms with E-state index in [1.807, 2.05) is 53.6 Å². The van der Waals surface area contributed by atoms with Gasteiger partial charge in [0.1, 0.15) is 5.37 Å². The Morgan fingerprint density at radius 1 is 1.12 bits per heavy atom. The number of pyridine rings is 1. The molecule has 1 atom stereocenters. The summed E-state index contributed by atoms with van der Waals surface area (Å²) in [5.41, 5.74) is 1.91. The van der Waals surface area contributed by atoms with Gasteiger partial charge in [0.15, 0.2) is 0 Å². The van der Waals surface area contributed by atoms with Crippen molar-refractivity contribution in [2.24, 2.45) is 0 Å². The molecule has 4 rings (SSSR count). The minimum absolute atomic E-state index is 0.0219. The van der Waals surface area contributed by atoms with Crippen LogP contribution in [0.2, 0.25) is 0 Å². The van der Waals surface area contributed by atoms with Crippen LogP contribution in [0.25, 0.3) is 10.8 Å². The summed E-state index contributed by atoms with van der Waals surface area (Å²) in [4.78, 5) is 18.9. The molecule has 0 radical (unpaired) electrons. The number of amides is 2. The molecule has 1 fully saturated rings. The van der Waals surface area contributed by atoms with Crippen LogP contribution in [0.15, 0.2) is 67.0 Å². The van der Waals surface area contributed by atoms with E-state index in [0.29, 0.717) is 0 Å². The predicted octanol–water partition coefficient (Wildman–Crippen LogP) is 4.51. The van der Waals surface area contributed by atoms with E-state index in [1.54, 1.807) is 18.0 Å². The monoisotopic (exact) mass is 335 g/mol. The third-order valence-electron chi connectivity index (χ3n) is 4.15. The number of aromatic nitrogens is 1. The molecule has 1 saturated heterocycles. The maximum atomic E-state index is 12.8. The summed E-state index contributed by atoms with van der Waals surface area (Å²) in [6.45, 7) is 0.737. The van der Waals surface area contributed by atoms with Gasteiger partial charge < -0.3 is 10.2 Å². The van der Waals surface area contributed by atoms with Crippen molar-refractivity contribution in [3.63, 3.8) is 0 Å². The lowest BCUT2D eigenvalue weighted by Crippen LogP contribution is -2.34. The molecule has 1 aromatic heterocycles. The van der Waals surface area contributed by atoms with E-state index >= 15 is 0 Å². The van der Waals surface area contributed by atoms with E-state index in [4.69, 9.17) is 0 Å². The highest BCUT2D eigenvalue weighted by Crippen LogP contribution is 2.38. The Hall–Kier alpha value is -2.53. The Bertz CT molecular complexity index is 863. The first-order chi connectivity index (χ1) is 11.8. The van der Waals surface area contributed by atoms with Gasteiger partial charge in [0.2, 0.25) is 0 Å². The van der Waals surface area contributed by atoms with Crippen molar-refractivity contribution in [2.75, 3.05) is 17.6 Å². The van der Waals surface area contributed by atoms with Crippen molar-refractivity contribution in [1.29, 1.82) is 0 Å². The van der Waals surface area contributed by atoms with E-state index in [1.165, 1.54) is 0 Å². The van der Waals surface area contributed by atoms with Gasteiger partial charge in [-0.1, -0.05) is 42.5 Å². The number of fused-ring (bicyclic) bond motifs is 1. The predicted molar refractivity (Wildman–Crippen MR) is 99.1 cm³/mol. The molecule has 0 saturated carbocycles. The second-order valence-electron chi connectivity index (χ2n) is 5.66. The topological polar surface area (TPSA) is 45.2 Å². The second kappa shape index (κ2) is 6.53. The number of anilines is 1. The van der Waals surface area contributed by atoms with Crippen LogP contribution in [0.4, 0.5) is 10.5 Å². The average molecular weight is 335 g/mol. The van der Waals surface area contributed by atoms with Crippen LogP contribution in [-0.2, 0) is 0 Å². The van der Waals surface area contributed by atoms with Crippen LogP contribution in [0, 0.1) is 0 Å². The van der Waals surface area contributed by atoms with Crippen LogP contribution in [-0.4, -0.2) is 28.2 Å². The van der Waals surface area contributed by atoms with E-state index < -0.39 is 0 Å². The second-order valence-corrected chi connectivity index (χ2v) is 6.85. The average Bonchev–Trinajstić information content (AvgIpc) is 3.13. The van der Waals surface area contributed by atoms with Gasteiger partial charge in [-0.25, -0.2) is 4.79 Å². The lowest BCUT2D eigenvalue weighted by atomic mass is 10.1. The summed E-state index contributed by atoms with van der Waals surface area (Å²) in [5, 5.41) is 5.28. The van der Waals surface area contributed by atoms with E-state index in [9.17, 15) is 4.79 Å². The van der Waals surface area contributed by atoms with E-state index in [-0.39, 0.29) is 11.4 Å². The van der Waals surface area contributed by atoms with Gasteiger partial charge in [-0.2, -0.15) is 0 Å². The molecule has 1 N–H and O–H groups in total. The molecule has 120 valence electrons. The van der Waals surface area contributed by atoms with Crippen molar-refractivity contribution < 1.29 is 4.79 Å². The quantitative estimate of drug-likeness (QED) is 0.749. The zero-order chi connectivity index (χ0) is 16.4. The fourth-order valence-electron chi connectivity index (χ4n) is 3.00. The lowest BCUT2D eigenvalue weighted by molar-refractivity contribution is 0.214. The fourth-order valence-corrected chi connectivity index (χ4v) is 4.24. The van der Waals surface area contributed by atoms with Gasteiger partial charge in [0.25, 0.3) is 0 Å². The van der Waals surface area contributed by atoms with Crippen molar-refractivity contribution in [3.05, 3.63) is 72.6 Å². The number of nitrogens with one attached hydrogen (secondary N) is 1. The van der Waals surface area contributed by atoms with Crippen molar-refractivity contribution in [3.8, 4) is 0 Å². The van der Waals surface area contributed by atoms with Crippen molar-refractivity contribution in [2.45, 2.75) is 5.37 Å². The minimum Gasteiger partial charge on any atom is -0.308 e. The van der Waals surface area contributed by atoms with Crippen LogP contribution in [0.5, 0.6) is 0 Å². The van der Waals surface area contributed by atoms with Crippen LogP contribution in [0.3, 0.4) is 0 Å². The maximum absolute atomic E-state index is 12.8. The Labute approximate surface area is 144 Å². The number of hydrogen-bond acceptors (Lipinski definition) is 3. The third kappa shape index (κ3) is 2.83. The zero-order valence-corrected chi connectivity index (χ0v) is 13.9. The molecule has 1 aliphatic heterocycles. The van der Waals surface area contributed by atoms with Gasteiger partial charge >= 0.3 is 6.03 Å². The number of carbonyl (C=O) groups is 1. The number of thioether (sulfide) groups is 1. The smallest absolute Gasteiger partial charge is 0.308 e. The number of urea groups is 1. The SMILES string of the molecule is O=C(Nc1cccc2ccccc12)N1CCSC1c1cccnc1. The molecule has 0 aliphatic carbocycles. The maximum Gasteiger partial charge on any atom is 0.323 e. The normalized spacial score (nSPS) is 17.2. The highest BCUT2D eigenvalue weighted by atomic mass is 32.2. The number of nitrogens with zero attached hydrogens (tertiary/aromatic N) is 2. The molecule has 24 heavy (non-hydrogen) atoms. The van der Waals surface area contributed by atoms with Gasteiger partial charge in [0.05, 0.1) is 5.69 Å². The number of carbonyl (C=O) groups excluding carboxylic acids is 1. The third-order valence-corrected chi connectivity index (χ3v) is 5.41. The molecule has 1 aliphatic rings. The highest BCUT2D eigenvalue weighted by molar-refractivity contribution is 7.99.